The lowest BCUT2D eigenvalue weighted by Crippen LogP contribution is -2.15. The summed E-state index contributed by atoms with van der Waals surface area (Å²) >= 11 is 0. The number of nitro benzene ring substituents is 1. The minimum atomic E-state index is -4.74. The van der Waals surface area contributed by atoms with Gasteiger partial charge in [0.05, 0.1) is 10.5 Å². The Balaban J connectivity index is 2.31. The van der Waals surface area contributed by atoms with Gasteiger partial charge >= 0.3 is 12.1 Å². The normalized spacial score (nSPS) is 11.0. The van der Waals surface area contributed by atoms with Gasteiger partial charge in [-0.3, -0.25) is 19.7 Å². The highest BCUT2D eigenvalue weighted by atomic mass is 19.4. The van der Waals surface area contributed by atoms with Crippen molar-refractivity contribution < 1.29 is 32.4 Å². The van der Waals surface area contributed by atoms with E-state index in [0.717, 1.165) is 19.1 Å². The van der Waals surface area contributed by atoms with Gasteiger partial charge in [0.1, 0.15) is 6.61 Å². The molecule has 2 rings (SSSR count). The van der Waals surface area contributed by atoms with Crippen LogP contribution in [0.2, 0.25) is 0 Å². The Morgan fingerprint density at radius 2 is 1.86 bits per heavy atom. The minimum Gasteiger partial charge on any atom is -0.461 e. The Labute approximate surface area is 157 Å². The van der Waals surface area contributed by atoms with Gasteiger partial charge in [-0.15, -0.1) is 0 Å². The molecular weight excluding hydrogens is 381 g/mol. The summed E-state index contributed by atoms with van der Waals surface area (Å²) in [6, 6.07) is 6.76. The number of nitro groups is 1. The first-order valence-electron chi connectivity index (χ1n) is 7.89. The van der Waals surface area contributed by atoms with Crippen molar-refractivity contribution in [2.24, 2.45) is 0 Å². The standard InChI is InChI=1S/C18H15F3N2O5/c1-10-3-4-12(7-16(10)23(26)27)17(25)22-14-6-5-13(9-28-11(2)24)15(8-14)18(19,20)21/h3-8H,9H2,1-2H3,(H,22,25). The fourth-order valence-corrected chi connectivity index (χ4v) is 2.37. The number of carbonyl (C=O) groups is 2. The van der Waals surface area contributed by atoms with Gasteiger partial charge in [-0.2, -0.15) is 13.2 Å². The number of anilines is 1. The zero-order chi connectivity index (χ0) is 21.1. The average Bonchev–Trinajstić information content (AvgIpc) is 2.59. The van der Waals surface area contributed by atoms with Crippen LogP contribution in [0.4, 0.5) is 24.5 Å². The molecule has 0 aromatic heterocycles. The predicted octanol–water partition coefficient (Wildman–Crippen LogP) is 4.24. The Kier molecular flexibility index (Phi) is 6.02. The lowest BCUT2D eigenvalue weighted by molar-refractivity contribution is -0.385. The molecular formula is C18H15F3N2O5. The molecule has 10 heteroatoms. The molecule has 0 unspecified atom stereocenters. The number of aryl methyl sites for hydroxylation is 1. The van der Waals surface area contributed by atoms with Crippen LogP contribution in [-0.4, -0.2) is 16.8 Å². The summed E-state index contributed by atoms with van der Waals surface area (Å²) in [5.74, 6) is -1.53. The van der Waals surface area contributed by atoms with Crippen LogP contribution in [0, 0.1) is 17.0 Å². The van der Waals surface area contributed by atoms with Crippen molar-refractivity contribution in [1.29, 1.82) is 0 Å². The van der Waals surface area contributed by atoms with E-state index in [2.05, 4.69) is 10.1 Å². The number of hydrogen-bond acceptors (Lipinski definition) is 5. The Hall–Kier alpha value is -3.43. The summed E-state index contributed by atoms with van der Waals surface area (Å²) in [5.41, 5.74) is -1.51. The smallest absolute Gasteiger partial charge is 0.416 e. The van der Waals surface area contributed by atoms with Crippen molar-refractivity contribution in [3.05, 3.63) is 68.8 Å². The number of carbonyl (C=O) groups excluding carboxylic acids is 2. The van der Waals surface area contributed by atoms with Gasteiger partial charge < -0.3 is 10.1 Å². The van der Waals surface area contributed by atoms with Crippen LogP contribution in [0.15, 0.2) is 36.4 Å². The van der Waals surface area contributed by atoms with Crippen LogP contribution in [-0.2, 0) is 22.3 Å². The van der Waals surface area contributed by atoms with Crippen LogP contribution >= 0.6 is 0 Å². The van der Waals surface area contributed by atoms with Crippen molar-refractivity contribution in [1.82, 2.24) is 0 Å². The second-order valence-corrected chi connectivity index (χ2v) is 5.86. The molecule has 2 aromatic carbocycles. The second-order valence-electron chi connectivity index (χ2n) is 5.86. The number of benzene rings is 2. The van der Waals surface area contributed by atoms with Crippen molar-refractivity contribution in [3.63, 3.8) is 0 Å². The van der Waals surface area contributed by atoms with Crippen molar-refractivity contribution in [3.8, 4) is 0 Å². The van der Waals surface area contributed by atoms with E-state index in [0.29, 0.717) is 11.6 Å². The number of ether oxygens (including phenoxy) is 1. The monoisotopic (exact) mass is 396 g/mol. The molecule has 0 aliphatic carbocycles. The molecule has 0 spiro atoms. The van der Waals surface area contributed by atoms with E-state index < -0.39 is 35.1 Å². The lowest BCUT2D eigenvalue weighted by atomic mass is 10.1. The highest BCUT2D eigenvalue weighted by Gasteiger charge is 2.34. The SMILES string of the molecule is CC(=O)OCc1ccc(NC(=O)c2ccc(C)c([N+](=O)[O-])c2)cc1C(F)(F)F. The highest BCUT2D eigenvalue weighted by Crippen LogP contribution is 2.34. The summed E-state index contributed by atoms with van der Waals surface area (Å²) in [5, 5.41) is 13.2. The van der Waals surface area contributed by atoms with E-state index in [4.69, 9.17) is 0 Å². The number of rotatable bonds is 5. The average molecular weight is 396 g/mol. The number of amides is 1. The summed E-state index contributed by atoms with van der Waals surface area (Å²) in [6.07, 6.45) is -4.74. The molecule has 0 fully saturated rings. The molecule has 0 aliphatic heterocycles. The first-order valence-corrected chi connectivity index (χ1v) is 7.89. The molecule has 0 aliphatic rings. The maximum Gasteiger partial charge on any atom is 0.416 e. The van der Waals surface area contributed by atoms with Crippen molar-refractivity contribution in [2.75, 3.05) is 5.32 Å². The molecule has 0 saturated heterocycles. The summed E-state index contributed by atoms with van der Waals surface area (Å²) < 4.78 is 44.4. The second kappa shape index (κ2) is 8.07. The fourth-order valence-electron chi connectivity index (χ4n) is 2.37. The van der Waals surface area contributed by atoms with Gasteiger partial charge in [-0.05, 0) is 25.1 Å². The number of nitrogens with zero attached hydrogens (tertiary/aromatic N) is 1. The van der Waals surface area contributed by atoms with E-state index in [1.165, 1.54) is 25.1 Å². The third-order valence-corrected chi connectivity index (χ3v) is 3.77. The van der Waals surface area contributed by atoms with Crippen LogP contribution in [0.3, 0.4) is 0 Å². The summed E-state index contributed by atoms with van der Waals surface area (Å²) in [7, 11) is 0. The minimum absolute atomic E-state index is 0.0742. The predicted molar refractivity (Wildman–Crippen MR) is 92.7 cm³/mol. The maximum atomic E-state index is 13.3. The van der Waals surface area contributed by atoms with Gasteiger partial charge in [0.2, 0.25) is 0 Å². The third-order valence-electron chi connectivity index (χ3n) is 3.77. The van der Waals surface area contributed by atoms with E-state index in [-0.39, 0.29) is 22.5 Å². The van der Waals surface area contributed by atoms with Crippen LogP contribution < -0.4 is 5.32 Å². The van der Waals surface area contributed by atoms with Crippen molar-refractivity contribution in [2.45, 2.75) is 26.6 Å². The van der Waals surface area contributed by atoms with E-state index in [1.54, 1.807) is 0 Å². The van der Waals surface area contributed by atoms with Crippen LogP contribution in [0.5, 0.6) is 0 Å². The first kappa shape index (κ1) is 20.9. The van der Waals surface area contributed by atoms with Gasteiger partial charge in [-0.1, -0.05) is 12.1 Å². The Bertz CT molecular complexity index is 941. The van der Waals surface area contributed by atoms with E-state index in [9.17, 15) is 32.9 Å². The first-order chi connectivity index (χ1) is 13.0. The molecule has 28 heavy (non-hydrogen) atoms. The van der Waals surface area contributed by atoms with E-state index >= 15 is 0 Å². The molecule has 0 radical (unpaired) electrons. The van der Waals surface area contributed by atoms with Crippen LogP contribution in [0.25, 0.3) is 0 Å². The maximum absolute atomic E-state index is 13.3. The zero-order valence-electron chi connectivity index (χ0n) is 14.8. The molecule has 148 valence electrons. The zero-order valence-corrected chi connectivity index (χ0v) is 14.8. The topological polar surface area (TPSA) is 98.5 Å². The van der Waals surface area contributed by atoms with Gasteiger partial charge in [0.25, 0.3) is 11.6 Å². The van der Waals surface area contributed by atoms with Crippen LogP contribution in [0.1, 0.15) is 34.0 Å². The number of esters is 1. The largest absolute Gasteiger partial charge is 0.461 e. The van der Waals surface area contributed by atoms with Crippen molar-refractivity contribution >= 4 is 23.3 Å². The third kappa shape index (κ3) is 5.06. The number of halogens is 3. The summed E-state index contributed by atoms with van der Waals surface area (Å²) in [6.45, 7) is 2.00. The molecule has 0 bridgehead atoms. The Morgan fingerprint density at radius 1 is 1.18 bits per heavy atom. The molecule has 1 amide bonds. The molecule has 1 N–H and O–H groups in total. The number of nitrogens with one attached hydrogen (secondary N) is 1. The quantitative estimate of drug-likeness (QED) is 0.463. The molecule has 7 nitrogen and oxygen atoms in total. The number of hydrogen-bond donors (Lipinski definition) is 1. The fraction of sp³-hybridized carbons (Fsp3) is 0.222. The number of alkyl halides is 3. The van der Waals surface area contributed by atoms with Gasteiger partial charge in [0.15, 0.2) is 0 Å². The highest BCUT2D eigenvalue weighted by molar-refractivity contribution is 6.04. The molecule has 0 heterocycles. The van der Waals surface area contributed by atoms with Gasteiger partial charge in [-0.25, -0.2) is 0 Å². The molecule has 2 aromatic rings. The van der Waals surface area contributed by atoms with Gasteiger partial charge in [0, 0.05) is 35.4 Å². The lowest BCUT2D eigenvalue weighted by Gasteiger charge is -2.15. The Morgan fingerprint density at radius 3 is 2.43 bits per heavy atom. The van der Waals surface area contributed by atoms with E-state index in [1.807, 2.05) is 0 Å². The summed E-state index contributed by atoms with van der Waals surface area (Å²) in [4.78, 5) is 33.4. The molecule has 0 atom stereocenters. The molecule has 0 saturated carbocycles.